The summed E-state index contributed by atoms with van der Waals surface area (Å²) in [6.45, 7) is 2.97. The molecule has 1 amide bonds. The van der Waals surface area contributed by atoms with Crippen molar-refractivity contribution < 1.29 is 18.3 Å². The highest BCUT2D eigenvalue weighted by atomic mass is 35.5. The molecule has 0 bridgehead atoms. The Bertz CT molecular complexity index is 1090. The van der Waals surface area contributed by atoms with Gasteiger partial charge in [0, 0.05) is 43.3 Å². The molecule has 0 N–H and O–H groups in total. The monoisotopic (exact) mass is 496 g/mol. The van der Waals surface area contributed by atoms with E-state index in [4.69, 9.17) is 44.0 Å². The van der Waals surface area contributed by atoms with Gasteiger partial charge in [-0.2, -0.15) is 0 Å². The summed E-state index contributed by atoms with van der Waals surface area (Å²) in [6.07, 6.45) is 0. The predicted octanol–water partition coefficient (Wildman–Crippen LogP) is 5.92. The van der Waals surface area contributed by atoms with Crippen LogP contribution in [0.3, 0.4) is 0 Å². The molecule has 0 radical (unpaired) electrons. The van der Waals surface area contributed by atoms with Crippen LogP contribution in [0.2, 0.25) is 15.1 Å². The van der Waals surface area contributed by atoms with Crippen molar-refractivity contribution in [2.24, 2.45) is 0 Å². The Morgan fingerprint density at radius 3 is 2.38 bits per heavy atom. The summed E-state index contributed by atoms with van der Waals surface area (Å²) in [4.78, 5) is 16.7. The van der Waals surface area contributed by atoms with Gasteiger partial charge >= 0.3 is 0 Å². The number of piperazine rings is 1. The Balaban J connectivity index is 1.31. The minimum absolute atomic E-state index is 0.0603. The van der Waals surface area contributed by atoms with E-state index in [9.17, 15) is 9.18 Å². The van der Waals surface area contributed by atoms with Crippen LogP contribution in [0, 0.1) is 5.82 Å². The Morgan fingerprint density at radius 1 is 1.00 bits per heavy atom. The highest BCUT2D eigenvalue weighted by Gasteiger charge is 2.25. The van der Waals surface area contributed by atoms with Gasteiger partial charge in [0.05, 0.1) is 10.0 Å². The molecule has 9 heteroatoms. The van der Waals surface area contributed by atoms with Crippen LogP contribution in [0.4, 0.5) is 4.39 Å². The van der Waals surface area contributed by atoms with E-state index in [2.05, 4.69) is 4.90 Å². The maximum absolute atomic E-state index is 13.9. The van der Waals surface area contributed by atoms with Crippen molar-refractivity contribution in [3.05, 3.63) is 86.5 Å². The Hall–Kier alpha value is -2.25. The largest absolute Gasteiger partial charge is 0.483 e. The number of halogens is 4. The van der Waals surface area contributed by atoms with Crippen molar-refractivity contribution in [3.8, 4) is 5.75 Å². The number of benzene rings is 2. The maximum Gasteiger partial charge on any atom is 0.289 e. The first-order valence-electron chi connectivity index (χ1n) is 10.0. The van der Waals surface area contributed by atoms with E-state index in [0.29, 0.717) is 64.9 Å². The van der Waals surface area contributed by atoms with Crippen LogP contribution >= 0.6 is 34.8 Å². The zero-order valence-electron chi connectivity index (χ0n) is 17.0. The predicted molar refractivity (Wildman–Crippen MR) is 122 cm³/mol. The fraction of sp³-hybridized carbons (Fsp3) is 0.261. The van der Waals surface area contributed by atoms with E-state index in [-0.39, 0.29) is 24.1 Å². The topological polar surface area (TPSA) is 45.9 Å². The quantitative estimate of drug-likeness (QED) is 0.424. The van der Waals surface area contributed by atoms with Crippen molar-refractivity contribution in [1.82, 2.24) is 9.80 Å². The van der Waals surface area contributed by atoms with Gasteiger partial charge in [0.25, 0.3) is 5.91 Å². The molecule has 3 aromatic rings. The Labute approximate surface area is 200 Å². The van der Waals surface area contributed by atoms with Gasteiger partial charge in [0.1, 0.15) is 18.2 Å². The van der Waals surface area contributed by atoms with Gasteiger partial charge in [-0.3, -0.25) is 9.69 Å². The van der Waals surface area contributed by atoms with E-state index >= 15 is 0 Å². The molecule has 4 rings (SSSR count). The van der Waals surface area contributed by atoms with Gasteiger partial charge in [0.2, 0.25) is 0 Å². The van der Waals surface area contributed by atoms with E-state index in [1.807, 2.05) is 6.07 Å². The lowest BCUT2D eigenvalue weighted by Crippen LogP contribution is -2.48. The van der Waals surface area contributed by atoms with Gasteiger partial charge < -0.3 is 14.1 Å². The van der Waals surface area contributed by atoms with Crippen molar-refractivity contribution in [2.45, 2.75) is 13.2 Å². The number of rotatable bonds is 6. The van der Waals surface area contributed by atoms with Crippen molar-refractivity contribution in [1.29, 1.82) is 0 Å². The Morgan fingerprint density at radius 2 is 1.69 bits per heavy atom. The van der Waals surface area contributed by atoms with Crippen LogP contribution in [0.5, 0.6) is 5.75 Å². The second kappa shape index (κ2) is 10.1. The number of nitrogens with zero attached hydrogens (tertiary/aromatic N) is 2. The third kappa shape index (κ3) is 5.38. The minimum Gasteiger partial charge on any atom is -0.483 e. The molecule has 0 unspecified atom stereocenters. The molecular formula is C23H20Cl3FN2O3. The molecular weight excluding hydrogens is 478 g/mol. The summed E-state index contributed by atoms with van der Waals surface area (Å²) in [5.41, 5.74) is 0.656. The molecule has 168 valence electrons. The second-order valence-electron chi connectivity index (χ2n) is 7.41. The van der Waals surface area contributed by atoms with Crippen molar-refractivity contribution >= 4 is 40.7 Å². The van der Waals surface area contributed by atoms with E-state index in [0.717, 1.165) is 0 Å². The standard InChI is InChI=1S/C23H20Cl3FN2O3/c24-16-11-18(25)22(19(26)12-16)31-14-17-5-6-21(32-17)23(30)29-9-7-28(8-10-29)13-15-3-1-2-4-20(15)27/h1-6,11-12H,7-10,13-14H2. The molecule has 1 aromatic heterocycles. The van der Waals surface area contributed by atoms with Gasteiger partial charge in [0.15, 0.2) is 11.5 Å². The van der Waals surface area contributed by atoms with Gasteiger partial charge in [-0.25, -0.2) is 4.39 Å². The first-order valence-corrected chi connectivity index (χ1v) is 11.1. The summed E-state index contributed by atoms with van der Waals surface area (Å²) in [5.74, 6) is 0.600. The van der Waals surface area contributed by atoms with Gasteiger partial charge in [-0.05, 0) is 30.3 Å². The van der Waals surface area contributed by atoms with Gasteiger partial charge in [-0.1, -0.05) is 53.0 Å². The number of amides is 1. The van der Waals surface area contributed by atoms with Crippen LogP contribution in [0.15, 0.2) is 52.9 Å². The number of hydrogen-bond acceptors (Lipinski definition) is 4. The summed E-state index contributed by atoms with van der Waals surface area (Å²) in [5, 5.41) is 0.990. The molecule has 32 heavy (non-hydrogen) atoms. The third-order valence-corrected chi connectivity index (χ3v) is 5.99. The summed E-state index contributed by atoms with van der Waals surface area (Å²) < 4.78 is 25.2. The minimum atomic E-state index is -0.211. The van der Waals surface area contributed by atoms with Crippen molar-refractivity contribution in [3.63, 3.8) is 0 Å². The highest BCUT2D eigenvalue weighted by Crippen LogP contribution is 2.36. The summed E-state index contributed by atoms with van der Waals surface area (Å²) in [6, 6.07) is 13.1. The lowest BCUT2D eigenvalue weighted by atomic mass is 10.2. The number of carbonyl (C=O) groups is 1. The SMILES string of the molecule is O=C(c1ccc(COc2c(Cl)cc(Cl)cc2Cl)o1)N1CCN(Cc2ccccc2F)CC1. The second-order valence-corrected chi connectivity index (χ2v) is 8.66. The molecule has 5 nitrogen and oxygen atoms in total. The van der Waals surface area contributed by atoms with E-state index in [1.165, 1.54) is 18.2 Å². The summed E-state index contributed by atoms with van der Waals surface area (Å²) in [7, 11) is 0. The van der Waals surface area contributed by atoms with Crippen LogP contribution in [0.1, 0.15) is 21.9 Å². The van der Waals surface area contributed by atoms with E-state index in [1.54, 1.807) is 29.2 Å². The lowest BCUT2D eigenvalue weighted by molar-refractivity contribution is 0.0592. The number of hydrogen-bond donors (Lipinski definition) is 0. The zero-order valence-corrected chi connectivity index (χ0v) is 19.3. The Kier molecular flexibility index (Phi) is 7.26. The zero-order chi connectivity index (χ0) is 22.7. The number of furan rings is 1. The molecule has 0 saturated carbocycles. The van der Waals surface area contributed by atoms with Crippen LogP contribution in [0.25, 0.3) is 0 Å². The fourth-order valence-corrected chi connectivity index (χ4v) is 4.44. The average molecular weight is 498 g/mol. The van der Waals surface area contributed by atoms with E-state index < -0.39 is 0 Å². The lowest BCUT2D eigenvalue weighted by Gasteiger charge is -2.34. The molecule has 0 atom stereocenters. The average Bonchev–Trinajstić information content (AvgIpc) is 3.24. The summed E-state index contributed by atoms with van der Waals surface area (Å²) >= 11 is 18.1. The first kappa shape index (κ1) is 22.9. The highest BCUT2D eigenvalue weighted by molar-refractivity contribution is 6.40. The maximum atomic E-state index is 13.9. The van der Waals surface area contributed by atoms with Gasteiger partial charge in [-0.15, -0.1) is 0 Å². The van der Waals surface area contributed by atoms with Crippen molar-refractivity contribution in [2.75, 3.05) is 26.2 Å². The number of carbonyl (C=O) groups excluding carboxylic acids is 1. The molecule has 1 aliphatic heterocycles. The molecule has 2 aromatic carbocycles. The molecule has 1 aliphatic rings. The molecule has 1 fully saturated rings. The normalized spacial score (nSPS) is 14.6. The molecule has 2 heterocycles. The van der Waals surface area contributed by atoms with Crippen LogP contribution in [-0.4, -0.2) is 41.9 Å². The van der Waals surface area contributed by atoms with Crippen LogP contribution < -0.4 is 4.74 Å². The number of ether oxygens (including phenoxy) is 1. The molecule has 0 aliphatic carbocycles. The first-order chi connectivity index (χ1) is 15.4. The smallest absolute Gasteiger partial charge is 0.289 e. The fourth-order valence-electron chi connectivity index (χ4n) is 3.51. The molecule has 0 spiro atoms. The third-order valence-electron chi connectivity index (χ3n) is 5.21. The molecule has 1 saturated heterocycles. The van der Waals surface area contributed by atoms with Crippen LogP contribution in [-0.2, 0) is 13.2 Å².